The molecule has 88 valence electrons. The summed E-state index contributed by atoms with van der Waals surface area (Å²) < 4.78 is 0.730. The monoisotopic (exact) mass is 268 g/mol. The molecule has 0 amide bonds. The minimum absolute atomic E-state index is 0.01000. The lowest BCUT2D eigenvalue weighted by atomic mass is 10.4. The predicted octanol–water partition coefficient (Wildman–Crippen LogP) is 2.64. The van der Waals surface area contributed by atoms with Gasteiger partial charge in [-0.3, -0.25) is 10.1 Å². The van der Waals surface area contributed by atoms with E-state index in [0.717, 1.165) is 4.34 Å². The highest BCUT2D eigenvalue weighted by molar-refractivity contribution is 8.01. The molecule has 0 unspecified atom stereocenters. The van der Waals surface area contributed by atoms with Gasteiger partial charge in [-0.25, -0.2) is 9.97 Å². The van der Waals surface area contributed by atoms with E-state index in [-0.39, 0.29) is 5.69 Å². The first kappa shape index (κ1) is 11.8. The van der Waals surface area contributed by atoms with Gasteiger partial charge in [0.25, 0.3) is 0 Å². The minimum atomic E-state index is -0.442. The van der Waals surface area contributed by atoms with Gasteiger partial charge in [-0.05, 0) is 17.8 Å². The van der Waals surface area contributed by atoms with E-state index in [2.05, 4.69) is 15.3 Å². The average molecular weight is 268 g/mol. The maximum absolute atomic E-state index is 10.9. The summed E-state index contributed by atoms with van der Waals surface area (Å²) in [6.45, 7) is 0. The number of nitro groups is 1. The first-order chi connectivity index (χ1) is 8.20. The SMILES string of the molecule is CNc1ccc([N+](=O)[O-])c(Sc2nccs2)n1. The van der Waals surface area contributed by atoms with Crippen molar-refractivity contribution in [1.82, 2.24) is 9.97 Å². The van der Waals surface area contributed by atoms with Crippen LogP contribution in [0.4, 0.5) is 11.5 Å². The van der Waals surface area contributed by atoms with E-state index in [1.165, 1.54) is 29.2 Å². The highest BCUT2D eigenvalue weighted by atomic mass is 32.2. The summed E-state index contributed by atoms with van der Waals surface area (Å²) in [4.78, 5) is 18.7. The van der Waals surface area contributed by atoms with Crippen molar-refractivity contribution in [2.75, 3.05) is 12.4 Å². The number of hydrogen-bond acceptors (Lipinski definition) is 7. The van der Waals surface area contributed by atoms with Crippen molar-refractivity contribution in [3.8, 4) is 0 Å². The van der Waals surface area contributed by atoms with Crippen molar-refractivity contribution in [2.45, 2.75) is 9.37 Å². The Morgan fingerprint density at radius 2 is 2.35 bits per heavy atom. The number of aromatic nitrogens is 2. The fourth-order valence-corrected chi connectivity index (χ4v) is 2.76. The van der Waals surface area contributed by atoms with Crippen LogP contribution < -0.4 is 5.32 Å². The van der Waals surface area contributed by atoms with Crippen LogP contribution in [-0.2, 0) is 0 Å². The van der Waals surface area contributed by atoms with Crippen molar-refractivity contribution in [3.05, 3.63) is 33.8 Å². The first-order valence-corrected chi connectivity index (χ1v) is 6.31. The fraction of sp³-hybridized carbons (Fsp3) is 0.111. The second kappa shape index (κ2) is 5.11. The lowest BCUT2D eigenvalue weighted by Gasteiger charge is -2.02. The molecule has 0 aromatic carbocycles. The topological polar surface area (TPSA) is 81.0 Å². The Labute approximate surface area is 105 Å². The number of thiazole rings is 1. The van der Waals surface area contributed by atoms with Crippen LogP contribution in [0.15, 0.2) is 33.1 Å². The van der Waals surface area contributed by atoms with E-state index in [9.17, 15) is 10.1 Å². The Morgan fingerprint density at radius 3 is 2.94 bits per heavy atom. The van der Waals surface area contributed by atoms with Gasteiger partial charge in [0.1, 0.15) is 5.82 Å². The zero-order valence-corrected chi connectivity index (χ0v) is 10.4. The van der Waals surface area contributed by atoms with Crippen LogP contribution in [0.25, 0.3) is 0 Å². The van der Waals surface area contributed by atoms with E-state index in [1.807, 2.05) is 5.38 Å². The molecule has 6 nitrogen and oxygen atoms in total. The van der Waals surface area contributed by atoms with Gasteiger partial charge in [-0.1, -0.05) is 0 Å². The third-order valence-corrected chi connectivity index (χ3v) is 3.76. The third kappa shape index (κ3) is 2.71. The summed E-state index contributed by atoms with van der Waals surface area (Å²) >= 11 is 2.61. The van der Waals surface area contributed by atoms with E-state index in [1.54, 1.807) is 19.3 Å². The van der Waals surface area contributed by atoms with E-state index >= 15 is 0 Å². The van der Waals surface area contributed by atoms with Gasteiger partial charge >= 0.3 is 5.69 Å². The number of anilines is 1. The van der Waals surface area contributed by atoms with E-state index in [0.29, 0.717) is 10.8 Å². The first-order valence-electron chi connectivity index (χ1n) is 4.61. The standard InChI is InChI=1S/C9H8N4O2S2/c1-10-7-3-2-6(13(14)15)8(12-7)17-9-11-4-5-16-9/h2-5H,1H3,(H,10,12). The quantitative estimate of drug-likeness (QED) is 0.678. The molecule has 0 bridgehead atoms. The van der Waals surface area contributed by atoms with Crippen LogP contribution >= 0.6 is 23.1 Å². The summed E-state index contributed by atoms with van der Waals surface area (Å²) in [6.07, 6.45) is 1.65. The molecule has 2 rings (SSSR count). The van der Waals surface area contributed by atoms with Gasteiger partial charge in [-0.15, -0.1) is 11.3 Å². The average Bonchev–Trinajstić information content (AvgIpc) is 2.81. The van der Waals surface area contributed by atoms with Crippen molar-refractivity contribution in [1.29, 1.82) is 0 Å². The van der Waals surface area contributed by atoms with Crippen LogP contribution in [0.1, 0.15) is 0 Å². The Balaban J connectivity index is 2.38. The molecule has 17 heavy (non-hydrogen) atoms. The Bertz CT molecular complexity index is 530. The lowest BCUT2D eigenvalue weighted by Crippen LogP contribution is -1.97. The molecule has 0 atom stereocenters. The molecule has 0 aliphatic rings. The van der Waals surface area contributed by atoms with Crippen LogP contribution in [0.5, 0.6) is 0 Å². The second-order valence-electron chi connectivity index (χ2n) is 2.93. The van der Waals surface area contributed by atoms with Gasteiger partial charge < -0.3 is 5.32 Å². The zero-order valence-electron chi connectivity index (χ0n) is 8.78. The number of nitrogens with one attached hydrogen (secondary N) is 1. The van der Waals surface area contributed by atoms with Crippen molar-refractivity contribution in [3.63, 3.8) is 0 Å². The Hall–Kier alpha value is -1.67. The maximum Gasteiger partial charge on any atom is 0.301 e. The largest absolute Gasteiger partial charge is 0.373 e. The molecule has 0 aliphatic heterocycles. The molecule has 0 aliphatic carbocycles. The Morgan fingerprint density at radius 1 is 1.53 bits per heavy atom. The number of nitrogens with zero attached hydrogens (tertiary/aromatic N) is 3. The molecule has 2 aromatic rings. The van der Waals surface area contributed by atoms with E-state index in [4.69, 9.17) is 0 Å². The van der Waals surface area contributed by atoms with Crippen LogP contribution in [0.3, 0.4) is 0 Å². The summed E-state index contributed by atoms with van der Waals surface area (Å²) in [6, 6.07) is 3.01. The molecule has 0 fully saturated rings. The summed E-state index contributed by atoms with van der Waals surface area (Å²) in [5, 5.41) is 15.9. The molecule has 0 saturated heterocycles. The molecule has 0 saturated carbocycles. The van der Waals surface area contributed by atoms with Crippen molar-refractivity contribution < 1.29 is 4.92 Å². The van der Waals surface area contributed by atoms with Gasteiger partial charge in [0.05, 0.1) is 4.92 Å². The smallest absolute Gasteiger partial charge is 0.301 e. The molecular weight excluding hydrogens is 260 g/mol. The van der Waals surface area contributed by atoms with Gasteiger partial charge in [0.15, 0.2) is 9.37 Å². The lowest BCUT2D eigenvalue weighted by molar-refractivity contribution is -0.388. The van der Waals surface area contributed by atoms with Crippen LogP contribution in [-0.4, -0.2) is 21.9 Å². The van der Waals surface area contributed by atoms with Gasteiger partial charge in [-0.2, -0.15) is 0 Å². The van der Waals surface area contributed by atoms with Crippen LogP contribution in [0.2, 0.25) is 0 Å². The number of rotatable bonds is 4. The molecule has 2 heterocycles. The third-order valence-electron chi connectivity index (χ3n) is 1.89. The van der Waals surface area contributed by atoms with Gasteiger partial charge in [0.2, 0.25) is 0 Å². The molecule has 2 aromatic heterocycles. The Kier molecular flexibility index (Phi) is 3.55. The maximum atomic E-state index is 10.9. The zero-order chi connectivity index (χ0) is 12.3. The highest BCUT2D eigenvalue weighted by Crippen LogP contribution is 2.34. The summed E-state index contributed by atoms with van der Waals surface area (Å²) in [5.74, 6) is 0.592. The number of pyridine rings is 1. The summed E-state index contributed by atoms with van der Waals surface area (Å²) in [7, 11) is 1.71. The summed E-state index contributed by atoms with van der Waals surface area (Å²) in [5.41, 5.74) is -0.01000. The fourth-order valence-electron chi connectivity index (χ4n) is 1.13. The van der Waals surface area contributed by atoms with Gasteiger partial charge in [0, 0.05) is 24.7 Å². The van der Waals surface area contributed by atoms with Crippen molar-refractivity contribution >= 4 is 34.6 Å². The molecule has 0 spiro atoms. The minimum Gasteiger partial charge on any atom is -0.373 e. The predicted molar refractivity (Wildman–Crippen MR) is 66.7 cm³/mol. The molecule has 0 radical (unpaired) electrons. The second-order valence-corrected chi connectivity index (χ2v) is 5.06. The van der Waals surface area contributed by atoms with Crippen LogP contribution in [0, 0.1) is 10.1 Å². The molecule has 8 heteroatoms. The molecule has 1 N–H and O–H groups in total. The molecular formula is C9H8N4O2S2. The van der Waals surface area contributed by atoms with E-state index < -0.39 is 4.92 Å². The normalized spacial score (nSPS) is 10.2. The van der Waals surface area contributed by atoms with Crippen molar-refractivity contribution in [2.24, 2.45) is 0 Å². The number of hydrogen-bond donors (Lipinski definition) is 1. The highest BCUT2D eigenvalue weighted by Gasteiger charge is 2.17.